The quantitative estimate of drug-likeness (QED) is 0.347. The second-order valence-electron chi connectivity index (χ2n) is 12.2. The van der Waals surface area contributed by atoms with Gasteiger partial charge in [0.05, 0.1) is 0 Å². The zero-order chi connectivity index (χ0) is 29.9. The molecule has 11 heteroatoms. The summed E-state index contributed by atoms with van der Waals surface area (Å²) in [4.78, 5) is 50.8. The molecule has 1 N–H and O–H groups in total. The van der Waals surface area contributed by atoms with Crippen molar-refractivity contribution in [3.8, 4) is 0 Å². The maximum atomic E-state index is 17.9. The van der Waals surface area contributed by atoms with E-state index in [4.69, 9.17) is 9.47 Å². The summed E-state index contributed by atoms with van der Waals surface area (Å²) in [5.74, 6) is -6.87. The number of carbonyl (C=O) groups excluding carboxylic acids is 4. The predicted molar refractivity (Wildman–Crippen MR) is 133 cm³/mol. The number of carbonyl (C=O) groups is 4. The van der Waals surface area contributed by atoms with Crippen LogP contribution >= 0.6 is 0 Å². The Labute approximate surface area is 230 Å². The molecule has 4 aliphatic rings. The van der Waals surface area contributed by atoms with Gasteiger partial charge in [0.25, 0.3) is 0 Å². The number of fused-ring (bicyclic) bond motifs is 5. The maximum absolute atomic E-state index is 17.9. The fourth-order valence-corrected chi connectivity index (χ4v) is 8.35. The van der Waals surface area contributed by atoms with Crippen molar-refractivity contribution in [3.05, 3.63) is 23.8 Å². The Balaban J connectivity index is 1.90. The minimum atomic E-state index is -5.41. The molecule has 4 aliphatic carbocycles. The van der Waals surface area contributed by atoms with Gasteiger partial charge in [0.2, 0.25) is 5.78 Å². The number of unbranched alkanes of at least 4 members (excludes halogenated alkanes) is 1. The third-order valence-electron chi connectivity index (χ3n) is 10.2. The summed E-state index contributed by atoms with van der Waals surface area (Å²) in [6, 6.07) is 0. The lowest BCUT2D eigenvalue weighted by Gasteiger charge is -2.63. The van der Waals surface area contributed by atoms with Crippen LogP contribution in [0.15, 0.2) is 23.8 Å². The number of aliphatic hydroxyl groups is 1. The van der Waals surface area contributed by atoms with Gasteiger partial charge < -0.3 is 14.6 Å². The Morgan fingerprint density at radius 2 is 1.85 bits per heavy atom. The summed E-state index contributed by atoms with van der Waals surface area (Å²) in [5, 5.41) is 10.00. The van der Waals surface area contributed by atoms with Gasteiger partial charge in [0.15, 0.2) is 17.1 Å². The van der Waals surface area contributed by atoms with Gasteiger partial charge in [-0.15, -0.1) is 0 Å². The topological polar surface area (TPSA) is 107 Å². The SMILES string of the molecule is CCCCC(=O)O[C@]1(C(=O)CO)C(C)C[C@H]2[C@@H]3CCC4=CC(=O)C=C[C@]4(C)[C@@]3(F)C(OC(=O)C(F)(F)F)C[C@@]21C. The molecular weight excluding hydrogens is 536 g/mol. The Kier molecular flexibility index (Phi) is 7.65. The third kappa shape index (κ3) is 4.17. The van der Waals surface area contributed by atoms with Crippen LogP contribution in [0.4, 0.5) is 17.6 Å². The van der Waals surface area contributed by atoms with Gasteiger partial charge in [-0.3, -0.25) is 14.4 Å². The van der Waals surface area contributed by atoms with E-state index in [1.165, 1.54) is 19.1 Å². The number of allylic oxidation sites excluding steroid dienone is 4. The zero-order valence-corrected chi connectivity index (χ0v) is 23.1. The van der Waals surface area contributed by atoms with Crippen LogP contribution in [-0.2, 0) is 28.7 Å². The summed E-state index contributed by atoms with van der Waals surface area (Å²) >= 11 is 0. The van der Waals surface area contributed by atoms with Crippen LogP contribution in [0.3, 0.4) is 0 Å². The molecule has 7 nitrogen and oxygen atoms in total. The van der Waals surface area contributed by atoms with Gasteiger partial charge in [-0.2, -0.15) is 13.2 Å². The highest BCUT2D eigenvalue weighted by Crippen LogP contribution is 2.72. The lowest BCUT2D eigenvalue weighted by atomic mass is 9.44. The smallest absolute Gasteiger partial charge is 0.452 e. The lowest BCUT2D eigenvalue weighted by molar-refractivity contribution is -0.251. The number of halogens is 4. The number of rotatable bonds is 7. The molecule has 222 valence electrons. The van der Waals surface area contributed by atoms with Crippen molar-refractivity contribution in [1.82, 2.24) is 0 Å². The molecule has 0 amide bonds. The van der Waals surface area contributed by atoms with Crippen molar-refractivity contribution in [2.75, 3.05) is 6.61 Å². The van der Waals surface area contributed by atoms with Gasteiger partial charge in [0.1, 0.15) is 12.7 Å². The molecule has 0 aromatic carbocycles. The van der Waals surface area contributed by atoms with E-state index in [1.807, 2.05) is 6.92 Å². The first-order valence-electron chi connectivity index (χ1n) is 13.8. The number of hydrogen-bond donors (Lipinski definition) is 1. The van der Waals surface area contributed by atoms with Crippen LogP contribution in [0, 0.1) is 28.6 Å². The summed E-state index contributed by atoms with van der Waals surface area (Å²) in [6.45, 7) is 5.56. The van der Waals surface area contributed by atoms with E-state index in [2.05, 4.69) is 0 Å². The number of hydrogen-bond acceptors (Lipinski definition) is 7. The highest BCUT2D eigenvalue weighted by molar-refractivity contribution is 6.01. The summed E-state index contributed by atoms with van der Waals surface area (Å²) < 4.78 is 69.1. The van der Waals surface area contributed by atoms with Crippen LogP contribution in [0.1, 0.15) is 72.6 Å². The molecule has 0 aromatic rings. The zero-order valence-electron chi connectivity index (χ0n) is 23.1. The minimum absolute atomic E-state index is 0.0154. The van der Waals surface area contributed by atoms with Crippen LogP contribution in [-0.4, -0.2) is 58.8 Å². The molecule has 2 unspecified atom stereocenters. The normalized spacial score (nSPS) is 40.4. The molecule has 40 heavy (non-hydrogen) atoms. The molecule has 0 bridgehead atoms. The van der Waals surface area contributed by atoms with Crippen molar-refractivity contribution >= 4 is 23.5 Å². The highest BCUT2D eigenvalue weighted by atomic mass is 19.4. The van der Waals surface area contributed by atoms with E-state index < -0.39 is 82.9 Å². The second-order valence-corrected chi connectivity index (χ2v) is 12.2. The van der Waals surface area contributed by atoms with Crippen LogP contribution in [0.2, 0.25) is 0 Å². The van der Waals surface area contributed by atoms with Crippen molar-refractivity contribution < 1.29 is 51.3 Å². The molecule has 0 heterocycles. The summed E-state index contributed by atoms with van der Waals surface area (Å²) in [7, 11) is 0. The highest BCUT2D eigenvalue weighted by Gasteiger charge is 2.78. The Bertz CT molecular complexity index is 1160. The van der Waals surface area contributed by atoms with Crippen LogP contribution in [0.25, 0.3) is 0 Å². The Morgan fingerprint density at radius 3 is 2.45 bits per heavy atom. The van der Waals surface area contributed by atoms with Crippen molar-refractivity contribution in [1.29, 1.82) is 0 Å². The molecule has 0 spiro atoms. The number of ketones is 2. The first-order valence-corrected chi connectivity index (χ1v) is 13.8. The number of aliphatic hydroxyl groups excluding tert-OH is 1. The summed E-state index contributed by atoms with van der Waals surface area (Å²) in [6.07, 6.45) is -2.51. The third-order valence-corrected chi connectivity index (χ3v) is 10.2. The average Bonchev–Trinajstić information content (AvgIpc) is 3.09. The van der Waals surface area contributed by atoms with Crippen molar-refractivity contribution in [2.24, 2.45) is 28.6 Å². The van der Waals surface area contributed by atoms with Crippen molar-refractivity contribution in [2.45, 2.75) is 96.2 Å². The molecule has 4 rings (SSSR count). The largest absolute Gasteiger partial charge is 0.490 e. The van der Waals surface area contributed by atoms with Crippen LogP contribution < -0.4 is 0 Å². The molecule has 3 fully saturated rings. The number of alkyl halides is 4. The Hall–Kier alpha value is -2.56. The fraction of sp³-hybridized carbons (Fsp3) is 0.724. The Morgan fingerprint density at radius 1 is 1.18 bits per heavy atom. The van der Waals surface area contributed by atoms with Crippen LogP contribution in [0.5, 0.6) is 0 Å². The number of esters is 2. The van der Waals surface area contributed by atoms with Gasteiger partial charge in [-0.1, -0.05) is 38.8 Å². The molecule has 0 saturated heterocycles. The van der Waals surface area contributed by atoms with E-state index in [-0.39, 0.29) is 31.5 Å². The number of Topliss-reactive ketones (excluding diaryl/α,β-unsaturated/α-hetero) is 1. The van der Waals surface area contributed by atoms with Gasteiger partial charge in [0, 0.05) is 29.1 Å². The molecule has 3 saturated carbocycles. The monoisotopic (exact) mass is 572 g/mol. The van der Waals surface area contributed by atoms with E-state index in [0.29, 0.717) is 18.4 Å². The first kappa shape index (κ1) is 30.4. The molecule has 0 aromatic heterocycles. The maximum Gasteiger partial charge on any atom is 0.490 e. The minimum Gasteiger partial charge on any atom is -0.452 e. The molecule has 8 atom stereocenters. The van der Waals surface area contributed by atoms with E-state index in [0.717, 1.165) is 6.08 Å². The predicted octanol–water partition coefficient (Wildman–Crippen LogP) is 4.75. The van der Waals surface area contributed by atoms with Gasteiger partial charge in [-0.05, 0) is 57.1 Å². The van der Waals surface area contributed by atoms with E-state index >= 15 is 4.39 Å². The molecular formula is C29H36F4O7. The second kappa shape index (κ2) is 10.1. The van der Waals surface area contributed by atoms with Gasteiger partial charge >= 0.3 is 18.1 Å². The standard InChI is InChI=1S/C29H36F4O7/c1-5-6-7-23(37)40-28(21(36)15-34)16(2)12-20-19-9-8-17-13-18(35)10-11-25(17,3)27(19,30)22(14-26(20,28)4)39-24(38)29(31,32)33/h10-11,13,16,19-20,22,34H,5-9,12,14-15H2,1-4H3/t16?,19-,20-,22?,25-,26-,27-,28-/m0/s1. The van der Waals surface area contributed by atoms with Gasteiger partial charge in [-0.25, -0.2) is 9.18 Å². The first-order chi connectivity index (χ1) is 18.5. The van der Waals surface area contributed by atoms with E-state index in [9.17, 15) is 37.5 Å². The van der Waals surface area contributed by atoms with Crippen molar-refractivity contribution in [3.63, 3.8) is 0 Å². The summed E-state index contributed by atoms with van der Waals surface area (Å²) in [5.41, 5.74) is -7.16. The average molecular weight is 573 g/mol. The fourth-order valence-electron chi connectivity index (χ4n) is 8.35. The van der Waals surface area contributed by atoms with E-state index in [1.54, 1.807) is 13.8 Å². The number of ether oxygens (including phenoxy) is 2. The lowest BCUT2D eigenvalue weighted by Crippen LogP contribution is -2.71. The molecule has 0 radical (unpaired) electrons. The molecule has 0 aliphatic heterocycles.